The molecule has 2 aromatic rings. The van der Waals surface area contributed by atoms with Crippen molar-refractivity contribution in [1.82, 2.24) is 9.97 Å². The van der Waals surface area contributed by atoms with Crippen LogP contribution in [0.3, 0.4) is 0 Å². The lowest BCUT2D eigenvalue weighted by Gasteiger charge is -2.05. The summed E-state index contributed by atoms with van der Waals surface area (Å²) in [5.74, 6) is 0. The van der Waals surface area contributed by atoms with E-state index in [-0.39, 0.29) is 0 Å². The Morgan fingerprint density at radius 1 is 0.895 bits per heavy atom. The number of halogens is 3. The standard InChI is InChI=1S/C7H6F3N.C7H9N/c1-5-2-6(4-11-3-5)7(8,9)10;1-6-3-4-7(2)8-5-6/h2-4H,1H3;3-5H,1-2H3. The summed E-state index contributed by atoms with van der Waals surface area (Å²) < 4.78 is 35.8. The van der Waals surface area contributed by atoms with Gasteiger partial charge in [-0.2, -0.15) is 13.2 Å². The van der Waals surface area contributed by atoms with Gasteiger partial charge in [-0.15, -0.1) is 0 Å². The molecule has 0 spiro atoms. The molecule has 2 rings (SSSR count). The van der Waals surface area contributed by atoms with Crippen LogP contribution in [0.5, 0.6) is 0 Å². The van der Waals surface area contributed by atoms with Gasteiger partial charge in [0, 0.05) is 24.3 Å². The van der Waals surface area contributed by atoms with E-state index >= 15 is 0 Å². The van der Waals surface area contributed by atoms with Crippen LogP contribution < -0.4 is 0 Å². The van der Waals surface area contributed by atoms with Gasteiger partial charge in [0.25, 0.3) is 0 Å². The van der Waals surface area contributed by atoms with Crippen LogP contribution in [-0.2, 0) is 6.18 Å². The summed E-state index contributed by atoms with van der Waals surface area (Å²) in [5, 5.41) is 0. The Morgan fingerprint density at radius 3 is 1.95 bits per heavy atom. The summed E-state index contributed by atoms with van der Waals surface area (Å²) in [6.07, 6.45) is -0.212. The lowest BCUT2D eigenvalue weighted by molar-refractivity contribution is -0.137. The van der Waals surface area contributed by atoms with Crippen molar-refractivity contribution in [2.45, 2.75) is 26.9 Å². The lowest BCUT2D eigenvalue weighted by atomic mass is 10.2. The molecule has 5 heteroatoms. The van der Waals surface area contributed by atoms with Gasteiger partial charge < -0.3 is 0 Å². The van der Waals surface area contributed by atoms with Crippen LogP contribution >= 0.6 is 0 Å². The second kappa shape index (κ2) is 6.31. The summed E-state index contributed by atoms with van der Waals surface area (Å²) >= 11 is 0. The quantitative estimate of drug-likeness (QED) is 0.718. The first-order valence-electron chi connectivity index (χ1n) is 5.67. The van der Waals surface area contributed by atoms with Crippen LogP contribution in [0, 0.1) is 20.8 Å². The molecule has 2 aromatic heterocycles. The van der Waals surface area contributed by atoms with Crippen molar-refractivity contribution in [1.29, 1.82) is 0 Å². The summed E-state index contributed by atoms with van der Waals surface area (Å²) in [6, 6.07) is 5.13. The minimum Gasteiger partial charge on any atom is -0.264 e. The van der Waals surface area contributed by atoms with Gasteiger partial charge in [-0.1, -0.05) is 6.07 Å². The number of aryl methyl sites for hydroxylation is 3. The first-order chi connectivity index (χ1) is 8.79. The van der Waals surface area contributed by atoms with Gasteiger partial charge in [0.15, 0.2) is 0 Å². The summed E-state index contributed by atoms with van der Waals surface area (Å²) in [5.41, 5.74) is 2.11. The Balaban J connectivity index is 0.000000200. The fourth-order valence-electron chi connectivity index (χ4n) is 1.25. The van der Waals surface area contributed by atoms with E-state index in [1.54, 1.807) is 6.92 Å². The van der Waals surface area contributed by atoms with Crippen LogP contribution in [0.1, 0.15) is 22.4 Å². The van der Waals surface area contributed by atoms with Crippen LogP contribution in [0.2, 0.25) is 0 Å². The Labute approximate surface area is 110 Å². The molecule has 0 unspecified atom stereocenters. The number of hydrogen-bond donors (Lipinski definition) is 0. The number of nitrogens with zero attached hydrogens (tertiary/aromatic N) is 2. The second-order valence-electron chi connectivity index (χ2n) is 4.23. The Hall–Kier alpha value is -1.91. The Bertz CT molecular complexity index is 498. The lowest BCUT2D eigenvalue weighted by Crippen LogP contribution is -2.05. The minimum absolute atomic E-state index is 0.514. The molecule has 0 aliphatic heterocycles. The van der Waals surface area contributed by atoms with Gasteiger partial charge in [-0.3, -0.25) is 9.97 Å². The Kier molecular flexibility index (Phi) is 5.03. The van der Waals surface area contributed by atoms with Gasteiger partial charge >= 0.3 is 6.18 Å². The third-order valence-corrected chi connectivity index (χ3v) is 2.26. The summed E-state index contributed by atoms with van der Waals surface area (Å²) in [6.45, 7) is 5.59. The zero-order chi connectivity index (χ0) is 14.5. The molecular weight excluding hydrogens is 253 g/mol. The SMILES string of the molecule is Cc1ccc(C)nc1.Cc1cncc(C(F)(F)F)c1. The molecule has 2 heterocycles. The van der Waals surface area contributed by atoms with E-state index in [0.717, 1.165) is 18.0 Å². The van der Waals surface area contributed by atoms with E-state index in [0.29, 0.717) is 5.56 Å². The van der Waals surface area contributed by atoms with Crippen LogP contribution in [0.25, 0.3) is 0 Å². The molecule has 0 saturated heterocycles. The van der Waals surface area contributed by atoms with E-state index in [4.69, 9.17) is 0 Å². The first-order valence-corrected chi connectivity index (χ1v) is 5.67. The molecule has 0 atom stereocenters. The largest absolute Gasteiger partial charge is 0.417 e. The molecule has 0 saturated carbocycles. The van der Waals surface area contributed by atoms with Gasteiger partial charge in [0.05, 0.1) is 5.56 Å². The topological polar surface area (TPSA) is 25.8 Å². The molecular formula is C14H15F3N2. The number of aromatic nitrogens is 2. The summed E-state index contributed by atoms with van der Waals surface area (Å²) in [7, 11) is 0. The third-order valence-electron chi connectivity index (χ3n) is 2.26. The summed E-state index contributed by atoms with van der Waals surface area (Å²) in [4.78, 5) is 7.51. The minimum atomic E-state index is -4.28. The molecule has 0 amide bonds. The van der Waals surface area contributed by atoms with Crippen LogP contribution in [0.15, 0.2) is 36.8 Å². The van der Waals surface area contributed by atoms with Gasteiger partial charge in [-0.25, -0.2) is 0 Å². The average molecular weight is 268 g/mol. The molecule has 0 aliphatic rings. The van der Waals surface area contributed by atoms with E-state index in [1.165, 1.54) is 11.8 Å². The van der Waals surface area contributed by atoms with Crippen LogP contribution in [0.4, 0.5) is 13.2 Å². The highest BCUT2D eigenvalue weighted by Crippen LogP contribution is 2.28. The number of hydrogen-bond acceptors (Lipinski definition) is 2. The molecule has 0 aromatic carbocycles. The molecule has 2 nitrogen and oxygen atoms in total. The molecule has 0 radical (unpaired) electrons. The van der Waals surface area contributed by atoms with E-state index in [1.807, 2.05) is 26.1 Å². The molecule has 0 fully saturated rings. The zero-order valence-electron chi connectivity index (χ0n) is 11.0. The number of rotatable bonds is 0. The normalized spacial score (nSPS) is 10.6. The molecule has 0 aliphatic carbocycles. The highest BCUT2D eigenvalue weighted by atomic mass is 19.4. The first kappa shape index (κ1) is 15.1. The van der Waals surface area contributed by atoms with E-state index in [2.05, 4.69) is 16.0 Å². The smallest absolute Gasteiger partial charge is 0.264 e. The molecule has 102 valence electrons. The van der Waals surface area contributed by atoms with Crippen LogP contribution in [-0.4, -0.2) is 9.97 Å². The van der Waals surface area contributed by atoms with Crippen molar-refractivity contribution in [3.8, 4) is 0 Å². The van der Waals surface area contributed by atoms with Gasteiger partial charge in [-0.05, 0) is 44.0 Å². The molecule has 0 bridgehead atoms. The van der Waals surface area contributed by atoms with E-state index < -0.39 is 11.7 Å². The molecule has 19 heavy (non-hydrogen) atoms. The number of alkyl halides is 3. The fraction of sp³-hybridized carbons (Fsp3) is 0.286. The van der Waals surface area contributed by atoms with Crippen molar-refractivity contribution >= 4 is 0 Å². The van der Waals surface area contributed by atoms with Crippen molar-refractivity contribution in [3.05, 3.63) is 59.2 Å². The van der Waals surface area contributed by atoms with Crippen molar-refractivity contribution in [2.24, 2.45) is 0 Å². The predicted octanol–water partition coefficient (Wildman–Crippen LogP) is 4.11. The Morgan fingerprint density at radius 2 is 1.58 bits per heavy atom. The third kappa shape index (κ3) is 5.50. The average Bonchev–Trinajstić information content (AvgIpc) is 2.33. The monoisotopic (exact) mass is 268 g/mol. The van der Waals surface area contributed by atoms with Gasteiger partial charge in [0.1, 0.15) is 0 Å². The maximum absolute atomic E-state index is 11.9. The second-order valence-corrected chi connectivity index (χ2v) is 4.23. The zero-order valence-corrected chi connectivity index (χ0v) is 11.0. The highest BCUT2D eigenvalue weighted by Gasteiger charge is 2.30. The van der Waals surface area contributed by atoms with E-state index in [9.17, 15) is 13.2 Å². The van der Waals surface area contributed by atoms with Crippen molar-refractivity contribution in [2.75, 3.05) is 0 Å². The maximum Gasteiger partial charge on any atom is 0.417 e. The van der Waals surface area contributed by atoms with Gasteiger partial charge in [0.2, 0.25) is 0 Å². The van der Waals surface area contributed by atoms with Crippen molar-refractivity contribution < 1.29 is 13.2 Å². The maximum atomic E-state index is 11.9. The predicted molar refractivity (Wildman–Crippen MR) is 67.7 cm³/mol. The van der Waals surface area contributed by atoms with Crippen molar-refractivity contribution in [3.63, 3.8) is 0 Å². The highest BCUT2D eigenvalue weighted by molar-refractivity contribution is 5.19. The number of pyridine rings is 2. The molecule has 0 N–H and O–H groups in total. The fourth-order valence-corrected chi connectivity index (χ4v) is 1.25.